The molecular weight excluding hydrogens is 252 g/mol. The van der Waals surface area contributed by atoms with Crippen molar-refractivity contribution in [2.24, 2.45) is 0 Å². The topological polar surface area (TPSA) is 59.5 Å². The van der Waals surface area contributed by atoms with Gasteiger partial charge in [0.25, 0.3) is 0 Å². The molecule has 0 aromatic carbocycles. The molecule has 0 aliphatic carbocycles. The Morgan fingerprint density at radius 3 is 2.89 bits per heavy atom. The highest BCUT2D eigenvalue weighted by Crippen LogP contribution is 2.28. The van der Waals surface area contributed by atoms with Crippen LogP contribution in [-0.2, 0) is 9.59 Å². The molecule has 0 N–H and O–H groups in total. The van der Waals surface area contributed by atoms with Gasteiger partial charge in [0.15, 0.2) is 5.12 Å². The van der Waals surface area contributed by atoms with Gasteiger partial charge < -0.3 is 4.74 Å². The van der Waals surface area contributed by atoms with Crippen LogP contribution in [0.3, 0.4) is 0 Å². The van der Waals surface area contributed by atoms with Crippen molar-refractivity contribution in [1.82, 2.24) is 4.98 Å². The number of ether oxygens (including phenoxy) is 1. The summed E-state index contributed by atoms with van der Waals surface area (Å²) in [5, 5.41) is 0.0660. The molecule has 18 heavy (non-hydrogen) atoms. The summed E-state index contributed by atoms with van der Waals surface area (Å²) in [6.45, 7) is 2.05. The zero-order chi connectivity index (χ0) is 13.1. The second-order valence-corrected chi connectivity index (χ2v) is 5.47. The van der Waals surface area contributed by atoms with Gasteiger partial charge in [0.1, 0.15) is 11.6 Å². The summed E-state index contributed by atoms with van der Waals surface area (Å²) >= 11 is 1.22. The zero-order valence-electron chi connectivity index (χ0n) is 10.3. The van der Waals surface area contributed by atoms with Crippen LogP contribution in [0.5, 0.6) is 5.75 Å². The third-order valence-electron chi connectivity index (χ3n) is 2.66. The molecule has 6 heteroatoms. The number of thioether (sulfide) groups is 1. The molecule has 2 rings (SSSR count). The molecule has 1 aromatic rings. The van der Waals surface area contributed by atoms with Gasteiger partial charge in [0, 0.05) is 25.1 Å². The first-order chi connectivity index (χ1) is 8.60. The Kier molecular flexibility index (Phi) is 3.86. The highest BCUT2D eigenvalue weighted by molar-refractivity contribution is 8.14. The van der Waals surface area contributed by atoms with Crippen LogP contribution in [0.4, 0.5) is 5.82 Å². The zero-order valence-corrected chi connectivity index (χ0v) is 11.1. The normalized spacial score (nSPS) is 19.1. The molecule has 5 nitrogen and oxygen atoms in total. The Morgan fingerprint density at radius 2 is 2.33 bits per heavy atom. The number of methoxy groups -OCH3 is 1. The summed E-state index contributed by atoms with van der Waals surface area (Å²) in [6, 6.07) is 3.51. The van der Waals surface area contributed by atoms with Gasteiger partial charge in [-0.2, -0.15) is 0 Å². The predicted molar refractivity (Wildman–Crippen MR) is 69.8 cm³/mol. The Balaban J connectivity index is 2.08. The number of carbonyl (C=O) groups excluding carboxylic acids is 2. The fourth-order valence-corrected chi connectivity index (χ4v) is 2.78. The second-order valence-electron chi connectivity index (χ2n) is 4.00. The van der Waals surface area contributed by atoms with Gasteiger partial charge in [0.05, 0.1) is 13.3 Å². The van der Waals surface area contributed by atoms with Crippen molar-refractivity contribution in [3.63, 3.8) is 0 Å². The lowest BCUT2D eigenvalue weighted by atomic mass is 10.4. The first-order valence-electron chi connectivity index (χ1n) is 5.58. The average Bonchev–Trinajstić information content (AvgIpc) is 2.69. The lowest BCUT2D eigenvalue weighted by Gasteiger charge is -2.15. The Hall–Kier alpha value is -1.56. The molecule has 2 heterocycles. The van der Waals surface area contributed by atoms with E-state index < -0.39 is 0 Å². The van der Waals surface area contributed by atoms with Crippen LogP contribution in [0, 0.1) is 0 Å². The van der Waals surface area contributed by atoms with Gasteiger partial charge in [-0.15, -0.1) is 0 Å². The van der Waals surface area contributed by atoms with Crippen molar-refractivity contribution in [3.8, 4) is 5.75 Å². The number of amides is 1. The van der Waals surface area contributed by atoms with Gasteiger partial charge in [-0.25, -0.2) is 4.98 Å². The molecule has 1 atom stereocenters. The molecule has 0 saturated carbocycles. The van der Waals surface area contributed by atoms with Crippen molar-refractivity contribution in [2.45, 2.75) is 18.6 Å². The lowest BCUT2D eigenvalue weighted by Crippen LogP contribution is -2.25. The van der Waals surface area contributed by atoms with E-state index in [1.54, 1.807) is 30.3 Å². The van der Waals surface area contributed by atoms with E-state index in [1.165, 1.54) is 18.7 Å². The summed E-state index contributed by atoms with van der Waals surface area (Å²) in [5.41, 5.74) is 0. The molecule has 1 aliphatic rings. The molecule has 0 bridgehead atoms. The summed E-state index contributed by atoms with van der Waals surface area (Å²) in [6.07, 6.45) is 1.96. The van der Waals surface area contributed by atoms with Crippen LogP contribution < -0.4 is 9.64 Å². The maximum Gasteiger partial charge on any atom is 0.229 e. The number of hydrogen-bond acceptors (Lipinski definition) is 5. The third-order valence-corrected chi connectivity index (χ3v) is 3.64. The third kappa shape index (κ3) is 2.81. The Bertz CT molecular complexity index is 461. The molecule has 1 aliphatic heterocycles. The van der Waals surface area contributed by atoms with Crippen LogP contribution in [0.25, 0.3) is 0 Å². The molecule has 1 unspecified atom stereocenters. The first-order valence-corrected chi connectivity index (χ1v) is 6.45. The standard InChI is InChI=1S/C12H14N2O3S/c1-8(15)18-10-5-12(16)14(7-10)11-4-3-9(17-2)6-13-11/h3-4,6,10H,5,7H2,1-2H3. The smallest absolute Gasteiger partial charge is 0.229 e. The molecule has 0 radical (unpaired) electrons. The van der Waals surface area contributed by atoms with E-state index in [9.17, 15) is 9.59 Å². The number of pyridine rings is 1. The monoisotopic (exact) mass is 266 g/mol. The highest BCUT2D eigenvalue weighted by Gasteiger charge is 2.32. The van der Waals surface area contributed by atoms with E-state index in [1.807, 2.05) is 0 Å². The Morgan fingerprint density at radius 1 is 1.56 bits per heavy atom. The van der Waals surface area contributed by atoms with Crippen LogP contribution in [0.15, 0.2) is 18.3 Å². The summed E-state index contributed by atoms with van der Waals surface area (Å²) in [5.74, 6) is 1.26. The van der Waals surface area contributed by atoms with E-state index in [0.29, 0.717) is 24.5 Å². The lowest BCUT2D eigenvalue weighted by molar-refractivity contribution is -0.117. The second kappa shape index (κ2) is 5.39. The van der Waals surface area contributed by atoms with Crippen LogP contribution in [0.1, 0.15) is 13.3 Å². The maximum absolute atomic E-state index is 11.9. The number of hydrogen-bond donors (Lipinski definition) is 0. The molecule has 96 valence electrons. The van der Waals surface area contributed by atoms with Gasteiger partial charge in [0.2, 0.25) is 5.91 Å². The maximum atomic E-state index is 11.9. The summed E-state index contributed by atoms with van der Waals surface area (Å²) in [4.78, 5) is 28.7. The molecule has 0 spiro atoms. The van der Waals surface area contributed by atoms with Crippen molar-refractivity contribution in [2.75, 3.05) is 18.6 Å². The molecule has 1 aromatic heterocycles. The molecular formula is C12H14N2O3S. The summed E-state index contributed by atoms with van der Waals surface area (Å²) < 4.78 is 5.02. The number of rotatable bonds is 3. The number of anilines is 1. The van der Waals surface area contributed by atoms with Gasteiger partial charge in [-0.3, -0.25) is 14.5 Å². The van der Waals surface area contributed by atoms with E-state index in [-0.39, 0.29) is 16.3 Å². The van der Waals surface area contributed by atoms with Gasteiger partial charge >= 0.3 is 0 Å². The fourth-order valence-electron chi connectivity index (χ4n) is 1.86. The van der Waals surface area contributed by atoms with Gasteiger partial charge in [-0.05, 0) is 12.1 Å². The number of carbonyl (C=O) groups is 2. The quantitative estimate of drug-likeness (QED) is 0.829. The minimum absolute atomic E-state index is 0.00594. The van der Waals surface area contributed by atoms with Crippen LogP contribution in [0.2, 0.25) is 0 Å². The van der Waals surface area contributed by atoms with E-state index >= 15 is 0 Å². The minimum atomic E-state index is 0.00594. The highest BCUT2D eigenvalue weighted by atomic mass is 32.2. The van der Waals surface area contributed by atoms with Crippen molar-refractivity contribution in [1.29, 1.82) is 0 Å². The number of aromatic nitrogens is 1. The fraction of sp³-hybridized carbons (Fsp3) is 0.417. The van der Waals surface area contributed by atoms with Crippen molar-refractivity contribution < 1.29 is 14.3 Å². The first kappa shape index (κ1) is 12.9. The molecule has 1 fully saturated rings. The van der Waals surface area contributed by atoms with E-state index in [0.717, 1.165) is 0 Å². The van der Waals surface area contributed by atoms with Crippen molar-refractivity contribution >= 4 is 28.6 Å². The van der Waals surface area contributed by atoms with Gasteiger partial charge in [-0.1, -0.05) is 11.8 Å². The van der Waals surface area contributed by atoms with E-state index in [4.69, 9.17) is 4.74 Å². The SMILES string of the molecule is COc1ccc(N2CC(SC(C)=O)CC2=O)nc1. The number of nitrogens with zero attached hydrogens (tertiary/aromatic N) is 2. The summed E-state index contributed by atoms with van der Waals surface area (Å²) in [7, 11) is 1.57. The van der Waals surface area contributed by atoms with Crippen LogP contribution in [-0.4, -0.2) is 34.9 Å². The van der Waals surface area contributed by atoms with Crippen molar-refractivity contribution in [3.05, 3.63) is 18.3 Å². The average molecular weight is 266 g/mol. The molecule has 1 saturated heterocycles. The minimum Gasteiger partial charge on any atom is -0.495 e. The van der Waals surface area contributed by atoms with E-state index in [2.05, 4.69) is 4.98 Å². The molecule has 1 amide bonds. The predicted octanol–water partition coefficient (Wildman–Crippen LogP) is 1.48. The Labute approximate surface area is 110 Å². The van der Waals surface area contributed by atoms with Crippen LogP contribution >= 0.6 is 11.8 Å². The largest absolute Gasteiger partial charge is 0.495 e.